The first-order chi connectivity index (χ1) is 15.1. The zero-order valence-electron chi connectivity index (χ0n) is 16.9. The topological polar surface area (TPSA) is 85.2 Å². The van der Waals surface area contributed by atoms with E-state index in [1.165, 1.54) is 10.7 Å². The molecule has 31 heavy (non-hydrogen) atoms. The Labute approximate surface area is 179 Å². The van der Waals surface area contributed by atoms with Crippen molar-refractivity contribution in [3.05, 3.63) is 60.8 Å². The number of halogens is 1. The second-order valence-corrected chi connectivity index (χ2v) is 8.17. The molecule has 160 valence electrons. The molecule has 3 aromatic rings. The summed E-state index contributed by atoms with van der Waals surface area (Å²) in [6, 6.07) is 10.1. The lowest BCUT2D eigenvalue weighted by Gasteiger charge is -2.35. The summed E-state index contributed by atoms with van der Waals surface area (Å²) in [7, 11) is 0. The van der Waals surface area contributed by atoms with Crippen molar-refractivity contribution in [2.75, 3.05) is 23.3 Å². The smallest absolute Gasteiger partial charge is 0.416 e. The number of rotatable bonds is 5. The molecule has 1 aliphatic heterocycles. The molecule has 9 heteroatoms. The number of carbonyl (C=O) groups is 1. The normalized spacial score (nSPS) is 23.2. The molecule has 0 atom stereocenters. The molecule has 8 nitrogen and oxygen atoms in total. The molecule has 1 saturated carbocycles. The number of amides is 1. The largest absolute Gasteiger partial charge is 0.441 e. The van der Waals surface area contributed by atoms with Crippen LogP contribution in [0.2, 0.25) is 0 Å². The SMILES string of the molecule is O=C1OC2(CCC(CNc3cnn(-c4ccccc4F)c3)CC2)CN1c1cccnn1. The van der Waals surface area contributed by atoms with Crippen LogP contribution in [-0.4, -0.2) is 44.8 Å². The number of carbonyl (C=O) groups excluding carboxylic acids is 1. The lowest BCUT2D eigenvalue weighted by molar-refractivity contribution is 0.0148. The summed E-state index contributed by atoms with van der Waals surface area (Å²) in [6.07, 6.45) is 8.27. The standard InChI is InChI=1S/C22H23FN6O2/c23-18-4-1-2-5-19(18)29-14-17(13-26-29)24-12-16-7-9-22(10-8-16)15-28(21(30)31-22)20-6-3-11-25-27-20/h1-6,11,13-14,16,24H,7-10,12,15H2. The molecule has 2 fully saturated rings. The molecule has 0 bridgehead atoms. The van der Waals surface area contributed by atoms with E-state index >= 15 is 0 Å². The predicted molar refractivity (Wildman–Crippen MR) is 113 cm³/mol. The van der Waals surface area contributed by atoms with E-state index in [0.717, 1.165) is 37.9 Å². The van der Waals surface area contributed by atoms with Crippen LogP contribution in [0.1, 0.15) is 25.7 Å². The first-order valence-corrected chi connectivity index (χ1v) is 10.4. The summed E-state index contributed by atoms with van der Waals surface area (Å²) >= 11 is 0. The molecule has 1 aliphatic carbocycles. The number of nitrogens with zero attached hydrogens (tertiary/aromatic N) is 5. The molecule has 1 saturated heterocycles. The summed E-state index contributed by atoms with van der Waals surface area (Å²) in [5, 5.41) is 15.5. The van der Waals surface area contributed by atoms with Crippen molar-refractivity contribution in [2.24, 2.45) is 5.92 Å². The van der Waals surface area contributed by atoms with Crippen LogP contribution >= 0.6 is 0 Å². The molecule has 1 aromatic carbocycles. The van der Waals surface area contributed by atoms with Crippen LogP contribution in [0.5, 0.6) is 0 Å². The van der Waals surface area contributed by atoms with Gasteiger partial charge in [-0.1, -0.05) is 12.1 Å². The van der Waals surface area contributed by atoms with E-state index in [0.29, 0.717) is 24.0 Å². The van der Waals surface area contributed by atoms with Crippen LogP contribution in [0.15, 0.2) is 55.0 Å². The van der Waals surface area contributed by atoms with Gasteiger partial charge in [-0.15, -0.1) is 5.10 Å². The first-order valence-electron chi connectivity index (χ1n) is 10.4. The molecule has 0 radical (unpaired) electrons. The lowest BCUT2D eigenvalue weighted by Crippen LogP contribution is -2.39. The molecule has 2 aliphatic rings. The van der Waals surface area contributed by atoms with Gasteiger partial charge in [0.15, 0.2) is 5.82 Å². The Kier molecular flexibility index (Phi) is 5.01. The third kappa shape index (κ3) is 3.95. The molecule has 1 amide bonds. The van der Waals surface area contributed by atoms with E-state index in [-0.39, 0.29) is 11.9 Å². The molecular formula is C22H23FN6O2. The fourth-order valence-corrected chi connectivity index (χ4v) is 4.35. The Morgan fingerprint density at radius 3 is 2.81 bits per heavy atom. The van der Waals surface area contributed by atoms with Crippen LogP contribution in [-0.2, 0) is 4.74 Å². The van der Waals surface area contributed by atoms with Crippen molar-refractivity contribution in [1.29, 1.82) is 0 Å². The summed E-state index contributed by atoms with van der Waals surface area (Å²) in [5.41, 5.74) is 0.830. The zero-order valence-corrected chi connectivity index (χ0v) is 16.9. The zero-order chi connectivity index (χ0) is 21.3. The van der Waals surface area contributed by atoms with Crippen molar-refractivity contribution in [3.8, 4) is 5.69 Å². The van der Waals surface area contributed by atoms with Gasteiger partial charge >= 0.3 is 6.09 Å². The first kappa shape index (κ1) is 19.5. The number of ether oxygens (including phenoxy) is 1. The van der Waals surface area contributed by atoms with Crippen molar-refractivity contribution >= 4 is 17.6 Å². The molecule has 2 aromatic heterocycles. The Balaban J connectivity index is 1.15. The third-order valence-electron chi connectivity index (χ3n) is 6.10. The summed E-state index contributed by atoms with van der Waals surface area (Å²) in [5.74, 6) is 0.683. The van der Waals surface area contributed by atoms with Gasteiger partial charge < -0.3 is 10.1 Å². The van der Waals surface area contributed by atoms with Crippen molar-refractivity contribution in [1.82, 2.24) is 20.0 Å². The highest BCUT2D eigenvalue weighted by molar-refractivity contribution is 5.89. The van der Waals surface area contributed by atoms with Crippen molar-refractivity contribution < 1.29 is 13.9 Å². The van der Waals surface area contributed by atoms with Crippen LogP contribution in [0.3, 0.4) is 0 Å². The number of benzene rings is 1. The second kappa shape index (κ2) is 7.98. The van der Waals surface area contributed by atoms with Gasteiger partial charge in [-0.25, -0.2) is 13.9 Å². The highest BCUT2D eigenvalue weighted by Gasteiger charge is 2.48. The van der Waals surface area contributed by atoms with E-state index in [1.54, 1.807) is 53.8 Å². The molecule has 3 heterocycles. The number of aromatic nitrogens is 4. The number of hydrogen-bond donors (Lipinski definition) is 1. The van der Waals surface area contributed by atoms with Gasteiger partial charge in [0.2, 0.25) is 0 Å². The average molecular weight is 422 g/mol. The van der Waals surface area contributed by atoms with E-state index < -0.39 is 5.60 Å². The van der Waals surface area contributed by atoms with E-state index in [9.17, 15) is 9.18 Å². The number of anilines is 2. The lowest BCUT2D eigenvalue weighted by atomic mass is 9.78. The minimum absolute atomic E-state index is 0.309. The van der Waals surface area contributed by atoms with Crippen LogP contribution < -0.4 is 10.2 Å². The van der Waals surface area contributed by atoms with Crippen LogP contribution in [0, 0.1) is 11.7 Å². The maximum Gasteiger partial charge on any atom is 0.416 e. The number of nitrogens with one attached hydrogen (secondary N) is 1. The maximum atomic E-state index is 13.9. The van der Waals surface area contributed by atoms with Crippen molar-refractivity contribution in [3.63, 3.8) is 0 Å². The summed E-state index contributed by atoms with van der Waals surface area (Å²) < 4.78 is 21.3. The van der Waals surface area contributed by atoms with Gasteiger partial charge in [0.05, 0.1) is 24.6 Å². The highest BCUT2D eigenvalue weighted by Crippen LogP contribution is 2.40. The molecule has 5 rings (SSSR count). The fourth-order valence-electron chi connectivity index (χ4n) is 4.35. The molecule has 1 N–H and O–H groups in total. The summed E-state index contributed by atoms with van der Waals surface area (Å²) in [6.45, 7) is 1.31. The van der Waals surface area contributed by atoms with Crippen molar-refractivity contribution in [2.45, 2.75) is 31.3 Å². The van der Waals surface area contributed by atoms with Crippen LogP contribution in [0.4, 0.5) is 20.7 Å². The molecule has 1 spiro atoms. The summed E-state index contributed by atoms with van der Waals surface area (Å²) in [4.78, 5) is 13.9. The van der Waals surface area contributed by atoms with E-state index in [2.05, 4.69) is 20.6 Å². The number of para-hydroxylation sites is 1. The van der Waals surface area contributed by atoms with Crippen LogP contribution in [0.25, 0.3) is 5.69 Å². The van der Waals surface area contributed by atoms with E-state index in [4.69, 9.17) is 4.74 Å². The van der Waals surface area contributed by atoms with Gasteiger partial charge in [-0.05, 0) is 55.9 Å². The maximum absolute atomic E-state index is 13.9. The van der Waals surface area contributed by atoms with Gasteiger partial charge in [-0.2, -0.15) is 10.2 Å². The second-order valence-electron chi connectivity index (χ2n) is 8.17. The predicted octanol–water partition coefficient (Wildman–Crippen LogP) is 3.80. The van der Waals surface area contributed by atoms with Gasteiger partial charge in [0.1, 0.15) is 17.1 Å². The third-order valence-corrected chi connectivity index (χ3v) is 6.10. The fraction of sp³-hybridized carbons (Fsp3) is 0.364. The Morgan fingerprint density at radius 1 is 1.19 bits per heavy atom. The van der Waals surface area contributed by atoms with Gasteiger partial charge in [0.25, 0.3) is 0 Å². The monoisotopic (exact) mass is 422 g/mol. The average Bonchev–Trinajstić information content (AvgIpc) is 3.39. The quantitative estimate of drug-likeness (QED) is 0.673. The minimum atomic E-state index is -0.444. The Bertz CT molecular complexity index is 1060. The Morgan fingerprint density at radius 2 is 2.03 bits per heavy atom. The highest BCUT2D eigenvalue weighted by atomic mass is 19.1. The Hall–Kier alpha value is -3.49. The van der Waals surface area contributed by atoms with E-state index in [1.807, 2.05) is 0 Å². The number of hydrogen-bond acceptors (Lipinski definition) is 6. The molecule has 0 unspecified atom stereocenters. The van der Waals surface area contributed by atoms with Gasteiger partial charge in [-0.3, -0.25) is 4.90 Å². The molecular weight excluding hydrogens is 399 g/mol. The van der Waals surface area contributed by atoms with Gasteiger partial charge in [0, 0.05) is 12.7 Å². The minimum Gasteiger partial charge on any atom is -0.441 e.